The Morgan fingerprint density at radius 1 is 1.08 bits per heavy atom. The molecule has 0 saturated carbocycles. The normalized spacial score (nSPS) is 11.0. The molecule has 0 fully saturated rings. The van der Waals surface area contributed by atoms with Gasteiger partial charge in [-0.3, -0.25) is 4.79 Å². The van der Waals surface area contributed by atoms with Crippen LogP contribution in [-0.2, 0) is 10.2 Å². The van der Waals surface area contributed by atoms with Crippen molar-refractivity contribution in [3.63, 3.8) is 0 Å². The van der Waals surface area contributed by atoms with E-state index < -0.39 is 11.4 Å². The van der Waals surface area contributed by atoms with Gasteiger partial charge in [0.2, 0.25) is 5.91 Å². The van der Waals surface area contributed by atoms with Crippen LogP contribution >= 0.6 is 0 Å². The molecule has 0 unspecified atom stereocenters. The predicted molar refractivity (Wildman–Crippen MR) is 92.8 cm³/mol. The first-order valence-corrected chi connectivity index (χ1v) is 7.55. The molecule has 0 spiro atoms. The lowest BCUT2D eigenvalue weighted by Crippen LogP contribution is -2.35. The minimum atomic E-state index is -1.03. The predicted octanol–water partition coefficient (Wildman–Crippen LogP) is 3.62. The molecule has 2 rings (SSSR count). The van der Waals surface area contributed by atoms with Crippen LogP contribution in [0.3, 0.4) is 0 Å². The van der Waals surface area contributed by atoms with Gasteiger partial charge < -0.3 is 15.2 Å². The number of anilines is 1. The number of hydrogen-bond donors (Lipinski definition) is 2. The third kappa shape index (κ3) is 3.56. The molecule has 0 aliphatic rings. The Balaban J connectivity index is 2.27. The number of methoxy groups -OCH3 is 1. The van der Waals surface area contributed by atoms with E-state index in [4.69, 9.17) is 9.84 Å². The highest BCUT2D eigenvalue weighted by Crippen LogP contribution is 2.28. The molecule has 1 amide bonds. The molecular formula is C19H21NO4. The molecule has 0 heterocycles. The van der Waals surface area contributed by atoms with E-state index >= 15 is 0 Å². The summed E-state index contributed by atoms with van der Waals surface area (Å²) in [6.07, 6.45) is 0. The fraction of sp³-hybridized carbons (Fsp3) is 0.263. The van der Waals surface area contributed by atoms with Gasteiger partial charge in [0, 0.05) is 5.69 Å². The van der Waals surface area contributed by atoms with Gasteiger partial charge in [0.05, 0.1) is 18.1 Å². The number of ether oxygens (including phenoxy) is 1. The monoisotopic (exact) mass is 327 g/mol. The van der Waals surface area contributed by atoms with Gasteiger partial charge in [0.1, 0.15) is 5.75 Å². The van der Waals surface area contributed by atoms with Crippen LogP contribution in [0.15, 0.2) is 42.5 Å². The molecule has 0 atom stereocenters. The molecule has 0 radical (unpaired) electrons. The molecule has 24 heavy (non-hydrogen) atoms. The van der Waals surface area contributed by atoms with Crippen LogP contribution in [0.1, 0.15) is 35.3 Å². The van der Waals surface area contributed by atoms with Crippen LogP contribution in [0, 0.1) is 6.92 Å². The highest BCUT2D eigenvalue weighted by Gasteiger charge is 2.30. The van der Waals surface area contributed by atoms with Gasteiger partial charge in [-0.05, 0) is 56.2 Å². The van der Waals surface area contributed by atoms with E-state index in [9.17, 15) is 9.59 Å². The van der Waals surface area contributed by atoms with Gasteiger partial charge >= 0.3 is 5.97 Å². The van der Waals surface area contributed by atoms with E-state index in [1.165, 1.54) is 12.1 Å². The third-order valence-electron chi connectivity index (χ3n) is 4.11. The number of nitrogens with one attached hydrogen (secondary N) is 1. The van der Waals surface area contributed by atoms with Crippen molar-refractivity contribution in [2.75, 3.05) is 12.4 Å². The van der Waals surface area contributed by atoms with Crippen molar-refractivity contribution in [2.45, 2.75) is 26.2 Å². The van der Waals surface area contributed by atoms with Gasteiger partial charge in [-0.15, -0.1) is 0 Å². The van der Waals surface area contributed by atoms with Crippen molar-refractivity contribution in [2.24, 2.45) is 0 Å². The summed E-state index contributed by atoms with van der Waals surface area (Å²) in [5, 5.41) is 11.9. The topological polar surface area (TPSA) is 75.6 Å². The van der Waals surface area contributed by atoms with Crippen LogP contribution in [-0.4, -0.2) is 24.1 Å². The second-order valence-corrected chi connectivity index (χ2v) is 6.14. The zero-order valence-corrected chi connectivity index (χ0v) is 14.2. The molecule has 0 aliphatic heterocycles. The van der Waals surface area contributed by atoms with E-state index in [1.807, 2.05) is 32.9 Å². The van der Waals surface area contributed by atoms with E-state index in [-0.39, 0.29) is 11.5 Å². The summed E-state index contributed by atoms with van der Waals surface area (Å²) in [6, 6.07) is 12.0. The number of aromatic carboxylic acids is 1. The van der Waals surface area contributed by atoms with Crippen LogP contribution in [0.25, 0.3) is 0 Å². The number of carbonyl (C=O) groups excluding carboxylic acids is 1. The highest BCUT2D eigenvalue weighted by molar-refractivity contribution is 6.00. The third-order valence-corrected chi connectivity index (χ3v) is 4.11. The molecule has 0 saturated heterocycles. The van der Waals surface area contributed by atoms with Gasteiger partial charge in [0.15, 0.2) is 0 Å². The first-order valence-electron chi connectivity index (χ1n) is 7.55. The molecule has 126 valence electrons. The Kier molecular flexibility index (Phi) is 4.93. The van der Waals surface area contributed by atoms with E-state index in [0.717, 1.165) is 16.9 Å². The summed E-state index contributed by atoms with van der Waals surface area (Å²) in [4.78, 5) is 23.8. The van der Waals surface area contributed by atoms with Crippen LogP contribution in [0.5, 0.6) is 5.75 Å². The van der Waals surface area contributed by atoms with E-state index in [2.05, 4.69) is 5.32 Å². The lowest BCUT2D eigenvalue weighted by atomic mass is 9.83. The number of aryl methyl sites for hydroxylation is 1. The zero-order chi connectivity index (χ0) is 17.9. The maximum atomic E-state index is 12.7. The number of carboxylic acids is 1. The second kappa shape index (κ2) is 6.74. The molecule has 0 aromatic heterocycles. The van der Waals surface area contributed by atoms with Crippen molar-refractivity contribution >= 4 is 17.6 Å². The van der Waals surface area contributed by atoms with Crippen LogP contribution in [0.2, 0.25) is 0 Å². The summed E-state index contributed by atoms with van der Waals surface area (Å²) < 4.78 is 5.13. The van der Waals surface area contributed by atoms with Gasteiger partial charge in [0.25, 0.3) is 0 Å². The first-order chi connectivity index (χ1) is 11.3. The minimum absolute atomic E-state index is 0.137. The standard InChI is InChI=1S/C19H21NO4/c1-12-5-6-13(17(21)22)11-16(12)20-18(23)19(2,3)14-7-9-15(24-4)10-8-14/h5-11H,1-4H3,(H,20,23)(H,21,22). The molecule has 2 aromatic carbocycles. The second-order valence-electron chi connectivity index (χ2n) is 6.14. The van der Waals surface area contributed by atoms with Crippen LogP contribution < -0.4 is 10.1 Å². The van der Waals surface area contributed by atoms with Gasteiger partial charge in [-0.2, -0.15) is 0 Å². The Morgan fingerprint density at radius 3 is 2.25 bits per heavy atom. The smallest absolute Gasteiger partial charge is 0.335 e. The summed E-state index contributed by atoms with van der Waals surface area (Å²) in [5.74, 6) is -0.516. The maximum Gasteiger partial charge on any atom is 0.335 e. The fourth-order valence-corrected chi connectivity index (χ4v) is 2.31. The Morgan fingerprint density at radius 2 is 1.71 bits per heavy atom. The molecule has 0 bridgehead atoms. The SMILES string of the molecule is COc1ccc(C(C)(C)C(=O)Nc2cc(C(=O)O)ccc2C)cc1. The first kappa shape index (κ1) is 17.5. The summed E-state index contributed by atoms with van der Waals surface area (Å²) in [7, 11) is 1.59. The Hall–Kier alpha value is -2.82. The molecular weight excluding hydrogens is 306 g/mol. The number of carbonyl (C=O) groups is 2. The van der Waals surface area contributed by atoms with E-state index in [0.29, 0.717) is 5.69 Å². The number of amides is 1. The zero-order valence-electron chi connectivity index (χ0n) is 14.2. The molecule has 5 nitrogen and oxygen atoms in total. The summed E-state index contributed by atoms with van der Waals surface area (Å²) in [5.41, 5.74) is 1.50. The molecule has 2 N–H and O–H groups in total. The van der Waals surface area contributed by atoms with Crippen molar-refractivity contribution in [1.29, 1.82) is 0 Å². The average molecular weight is 327 g/mol. The molecule has 5 heteroatoms. The summed E-state index contributed by atoms with van der Waals surface area (Å²) >= 11 is 0. The Labute approximate surface area is 141 Å². The highest BCUT2D eigenvalue weighted by atomic mass is 16.5. The molecule has 0 aliphatic carbocycles. The van der Waals surface area contributed by atoms with Gasteiger partial charge in [-0.25, -0.2) is 4.79 Å². The number of carboxylic acid groups (broad SMARTS) is 1. The number of hydrogen-bond acceptors (Lipinski definition) is 3. The summed E-state index contributed by atoms with van der Waals surface area (Å²) in [6.45, 7) is 5.46. The minimum Gasteiger partial charge on any atom is -0.497 e. The fourth-order valence-electron chi connectivity index (χ4n) is 2.31. The van der Waals surface area contributed by atoms with Gasteiger partial charge in [-0.1, -0.05) is 18.2 Å². The van der Waals surface area contributed by atoms with Crippen molar-refractivity contribution in [1.82, 2.24) is 0 Å². The van der Waals surface area contributed by atoms with Crippen molar-refractivity contribution in [3.05, 3.63) is 59.2 Å². The molecule has 2 aromatic rings. The Bertz CT molecular complexity index is 763. The maximum absolute atomic E-state index is 12.7. The van der Waals surface area contributed by atoms with Crippen LogP contribution in [0.4, 0.5) is 5.69 Å². The average Bonchev–Trinajstić information content (AvgIpc) is 2.56. The largest absolute Gasteiger partial charge is 0.497 e. The lowest BCUT2D eigenvalue weighted by Gasteiger charge is -2.25. The van der Waals surface area contributed by atoms with Crippen molar-refractivity contribution in [3.8, 4) is 5.75 Å². The van der Waals surface area contributed by atoms with E-state index in [1.54, 1.807) is 25.3 Å². The van der Waals surface area contributed by atoms with Crippen molar-refractivity contribution < 1.29 is 19.4 Å². The number of benzene rings is 2. The quantitative estimate of drug-likeness (QED) is 0.879. The number of rotatable bonds is 5. The lowest BCUT2D eigenvalue weighted by molar-refractivity contribution is -0.120.